The topological polar surface area (TPSA) is 29.5 Å². The molecule has 0 heterocycles. The summed E-state index contributed by atoms with van der Waals surface area (Å²) in [4.78, 5) is 0. The largest absolute Gasteiger partial charge is 0.496 e. The van der Waals surface area contributed by atoms with Gasteiger partial charge in [-0.05, 0) is 13.8 Å². The molecule has 1 atom stereocenters. The molecular formula is C6H12O2. The first kappa shape index (κ1) is 7.50. The van der Waals surface area contributed by atoms with Gasteiger partial charge in [0, 0.05) is 0 Å². The van der Waals surface area contributed by atoms with Gasteiger partial charge in [-0.25, -0.2) is 0 Å². The van der Waals surface area contributed by atoms with Crippen LogP contribution in [-0.4, -0.2) is 17.8 Å². The third-order valence-corrected chi connectivity index (χ3v) is 0.571. The van der Waals surface area contributed by atoms with E-state index in [0.29, 0.717) is 12.4 Å². The van der Waals surface area contributed by atoms with Gasteiger partial charge in [0.25, 0.3) is 0 Å². The molecule has 0 radical (unpaired) electrons. The minimum atomic E-state index is -0.397. The Labute approximate surface area is 49.8 Å². The number of aliphatic hydroxyl groups is 1. The molecular weight excluding hydrogens is 104 g/mol. The molecule has 48 valence electrons. The van der Waals surface area contributed by atoms with Gasteiger partial charge in [0.2, 0.25) is 0 Å². The van der Waals surface area contributed by atoms with Crippen LogP contribution in [0.1, 0.15) is 13.8 Å². The molecule has 0 saturated carbocycles. The Morgan fingerprint density at radius 1 is 1.88 bits per heavy atom. The van der Waals surface area contributed by atoms with Crippen molar-refractivity contribution in [3.63, 3.8) is 0 Å². The molecule has 1 N–H and O–H groups in total. The Hall–Kier alpha value is -0.500. The molecule has 0 unspecified atom stereocenters. The highest BCUT2D eigenvalue weighted by molar-refractivity contribution is 4.73. The Kier molecular flexibility index (Phi) is 3.28. The van der Waals surface area contributed by atoms with Gasteiger partial charge in [-0.1, -0.05) is 6.58 Å². The summed E-state index contributed by atoms with van der Waals surface area (Å²) in [5.74, 6) is 0.644. The highest BCUT2D eigenvalue weighted by atomic mass is 16.5. The van der Waals surface area contributed by atoms with E-state index in [1.54, 1.807) is 13.8 Å². The van der Waals surface area contributed by atoms with E-state index < -0.39 is 6.10 Å². The molecule has 0 aromatic rings. The number of allylic oxidation sites excluding steroid dienone is 1. The quantitative estimate of drug-likeness (QED) is 0.555. The molecule has 0 spiro atoms. The van der Waals surface area contributed by atoms with Gasteiger partial charge in [0.15, 0.2) is 0 Å². The number of hydrogen-bond acceptors (Lipinski definition) is 2. The second-order valence-corrected chi connectivity index (χ2v) is 1.86. The highest BCUT2D eigenvalue weighted by Gasteiger charge is 1.92. The van der Waals surface area contributed by atoms with Crippen LogP contribution in [-0.2, 0) is 4.74 Å². The summed E-state index contributed by atoms with van der Waals surface area (Å²) in [5.41, 5.74) is 0. The third kappa shape index (κ3) is 5.50. The molecule has 0 aromatic heterocycles. The molecule has 2 heteroatoms. The van der Waals surface area contributed by atoms with Crippen LogP contribution in [0.15, 0.2) is 12.3 Å². The van der Waals surface area contributed by atoms with E-state index in [1.165, 1.54) is 0 Å². The van der Waals surface area contributed by atoms with Gasteiger partial charge >= 0.3 is 0 Å². The molecule has 8 heavy (non-hydrogen) atoms. The number of hydrogen-bond donors (Lipinski definition) is 1. The Morgan fingerprint density at radius 2 is 2.38 bits per heavy atom. The molecule has 0 aromatic carbocycles. The minimum Gasteiger partial charge on any atom is -0.496 e. The van der Waals surface area contributed by atoms with Gasteiger partial charge < -0.3 is 9.84 Å². The average molecular weight is 116 g/mol. The van der Waals surface area contributed by atoms with E-state index in [1.807, 2.05) is 0 Å². The third-order valence-electron chi connectivity index (χ3n) is 0.571. The summed E-state index contributed by atoms with van der Waals surface area (Å²) in [6.07, 6.45) is -0.397. The zero-order valence-corrected chi connectivity index (χ0v) is 5.35. The maximum absolute atomic E-state index is 8.64. The normalized spacial score (nSPS) is 12.9. The monoisotopic (exact) mass is 116 g/mol. The molecule has 0 bridgehead atoms. The predicted octanol–water partition coefficient (Wildman–Crippen LogP) is 0.917. The van der Waals surface area contributed by atoms with E-state index in [9.17, 15) is 0 Å². The molecule has 0 rings (SSSR count). The van der Waals surface area contributed by atoms with Gasteiger partial charge in [-0.3, -0.25) is 0 Å². The summed E-state index contributed by atoms with van der Waals surface area (Å²) in [5, 5.41) is 8.64. The smallest absolute Gasteiger partial charge is 0.113 e. The van der Waals surface area contributed by atoms with Crippen molar-refractivity contribution in [3.8, 4) is 0 Å². The van der Waals surface area contributed by atoms with Gasteiger partial charge in [0.05, 0.1) is 11.9 Å². The first-order valence-electron chi connectivity index (χ1n) is 2.59. The van der Waals surface area contributed by atoms with Crippen LogP contribution in [0.4, 0.5) is 0 Å². The van der Waals surface area contributed by atoms with Crippen LogP contribution in [0.25, 0.3) is 0 Å². The van der Waals surface area contributed by atoms with E-state index >= 15 is 0 Å². The lowest BCUT2D eigenvalue weighted by Gasteiger charge is -2.05. The lowest BCUT2D eigenvalue weighted by Crippen LogP contribution is -2.08. The number of rotatable bonds is 3. The Morgan fingerprint density at radius 3 is 2.50 bits per heavy atom. The standard InChI is InChI=1S/C6H12O2/c1-5(2)8-4-6(3)7/h6-7H,1,4H2,2-3H3/t6-/m0/s1. The van der Waals surface area contributed by atoms with Gasteiger partial charge in [0.1, 0.15) is 6.61 Å². The van der Waals surface area contributed by atoms with Crippen molar-refractivity contribution in [2.75, 3.05) is 6.61 Å². The molecule has 2 nitrogen and oxygen atoms in total. The van der Waals surface area contributed by atoms with Crippen LogP contribution in [0.3, 0.4) is 0 Å². The van der Waals surface area contributed by atoms with Crippen molar-refractivity contribution in [2.24, 2.45) is 0 Å². The molecule has 0 aliphatic heterocycles. The minimum absolute atomic E-state index is 0.343. The SMILES string of the molecule is C=C(C)OC[C@H](C)O. The first-order valence-corrected chi connectivity index (χ1v) is 2.59. The fraction of sp³-hybridized carbons (Fsp3) is 0.667. The lowest BCUT2D eigenvalue weighted by molar-refractivity contribution is 0.0850. The number of aliphatic hydroxyl groups excluding tert-OH is 1. The molecule has 0 fully saturated rings. The number of ether oxygens (including phenoxy) is 1. The first-order chi connectivity index (χ1) is 3.63. The zero-order valence-electron chi connectivity index (χ0n) is 5.35. The van der Waals surface area contributed by atoms with Crippen molar-refractivity contribution in [2.45, 2.75) is 20.0 Å². The summed E-state index contributed by atoms with van der Waals surface area (Å²) in [6.45, 7) is 7.26. The van der Waals surface area contributed by atoms with Crippen LogP contribution in [0, 0.1) is 0 Å². The van der Waals surface area contributed by atoms with Crippen LogP contribution in [0.2, 0.25) is 0 Å². The fourth-order valence-electron chi connectivity index (χ4n) is 0.263. The molecule has 0 amide bonds. The van der Waals surface area contributed by atoms with Crippen LogP contribution < -0.4 is 0 Å². The lowest BCUT2D eigenvalue weighted by atomic mass is 10.4. The Balaban J connectivity index is 3.05. The second-order valence-electron chi connectivity index (χ2n) is 1.86. The maximum Gasteiger partial charge on any atom is 0.113 e. The van der Waals surface area contributed by atoms with E-state index in [-0.39, 0.29) is 0 Å². The van der Waals surface area contributed by atoms with Crippen LogP contribution >= 0.6 is 0 Å². The van der Waals surface area contributed by atoms with Gasteiger partial charge in [-0.15, -0.1) is 0 Å². The van der Waals surface area contributed by atoms with E-state index in [0.717, 1.165) is 0 Å². The fourth-order valence-corrected chi connectivity index (χ4v) is 0.263. The van der Waals surface area contributed by atoms with Crippen molar-refractivity contribution in [1.82, 2.24) is 0 Å². The molecule has 0 saturated heterocycles. The molecule has 0 aliphatic rings. The van der Waals surface area contributed by atoms with Crippen molar-refractivity contribution < 1.29 is 9.84 Å². The average Bonchev–Trinajstić information content (AvgIpc) is 1.61. The van der Waals surface area contributed by atoms with Crippen molar-refractivity contribution >= 4 is 0 Å². The Bertz CT molecular complexity index is 76.6. The van der Waals surface area contributed by atoms with Crippen LogP contribution in [0.5, 0.6) is 0 Å². The maximum atomic E-state index is 8.64. The van der Waals surface area contributed by atoms with Crippen molar-refractivity contribution in [1.29, 1.82) is 0 Å². The second kappa shape index (κ2) is 3.50. The highest BCUT2D eigenvalue weighted by Crippen LogP contribution is 1.91. The van der Waals surface area contributed by atoms with E-state index in [4.69, 9.17) is 9.84 Å². The summed E-state index contributed by atoms with van der Waals surface area (Å²) < 4.78 is 4.86. The summed E-state index contributed by atoms with van der Waals surface area (Å²) >= 11 is 0. The predicted molar refractivity (Wildman–Crippen MR) is 32.4 cm³/mol. The molecule has 0 aliphatic carbocycles. The summed E-state index contributed by atoms with van der Waals surface area (Å²) in [7, 11) is 0. The van der Waals surface area contributed by atoms with Gasteiger partial charge in [-0.2, -0.15) is 0 Å². The summed E-state index contributed by atoms with van der Waals surface area (Å²) in [6, 6.07) is 0. The zero-order chi connectivity index (χ0) is 6.57. The van der Waals surface area contributed by atoms with Crippen molar-refractivity contribution in [3.05, 3.63) is 12.3 Å². The van der Waals surface area contributed by atoms with E-state index in [2.05, 4.69) is 6.58 Å².